The van der Waals surface area contributed by atoms with Crippen LogP contribution in [-0.4, -0.2) is 28.1 Å². The summed E-state index contributed by atoms with van der Waals surface area (Å²) in [5.41, 5.74) is 0.465. The summed E-state index contributed by atoms with van der Waals surface area (Å²) in [6.07, 6.45) is -2.51. The van der Waals surface area contributed by atoms with E-state index in [-0.39, 0.29) is 5.82 Å². The Morgan fingerprint density at radius 3 is 2.57 bits per heavy atom. The van der Waals surface area contributed by atoms with Crippen molar-refractivity contribution in [3.05, 3.63) is 23.8 Å². The van der Waals surface area contributed by atoms with Gasteiger partial charge < -0.3 is 14.4 Å². The fourth-order valence-corrected chi connectivity index (χ4v) is 1.76. The van der Waals surface area contributed by atoms with Crippen LogP contribution in [0.2, 0.25) is 0 Å². The lowest BCUT2D eigenvalue weighted by Crippen LogP contribution is -2.40. The maximum absolute atomic E-state index is 12.1. The van der Waals surface area contributed by atoms with Gasteiger partial charge in [0.05, 0.1) is 5.39 Å². The van der Waals surface area contributed by atoms with Crippen LogP contribution >= 0.6 is 0 Å². The van der Waals surface area contributed by atoms with Gasteiger partial charge in [-0.3, -0.25) is 0 Å². The molecule has 0 fully saturated rings. The van der Waals surface area contributed by atoms with Crippen LogP contribution in [0.25, 0.3) is 11.0 Å². The average Bonchev–Trinajstić information content (AvgIpc) is 2.69. The maximum atomic E-state index is 12.1. The first-order chi connectivity index (χ1) is 9.69. The molecule has 0 aliphatic carbocycles. The zero-order valence-corrected chi connectivity index (χ0v) is 12.2. The molecule has 1 aromatic carbocycles. The van der Waals surface area contributed by atoms with Crippen molar-refractivity contribution in [2.45, 2.75) is 33.3 Å². The SMILES string of the molecule is Cc1ccc2onc(N(C(=O)O)C(=O)OC(C)(C)C)c2c1. The number of benzene rings is 1. The molecule has 0 saturated carbocycles. The van der Waals surface area contributed by atoms with E-state index in [1.54, 1.807) is 39.0 Å². The van der Waals surface area contributed by atoms with Gasteiger partial charge in [-0.1, -0.05) is 16.8 Å². The van der Waals surface area contributed by atoms with E-state index in [1.165, 1.54) is 0 Å². The third kappa shape index (κ3) is 3.13. The highest BCUT2D eigenvalue weighted by molar-refractivity contribution is 6.12. The van der Waals surface area contributed by atoms with Gasteiger partial charge in [0.1, 0.15) is 5.60 Å². The predicted octanol–water partition coefficient (Wildman–Crippen LogP) is 3.56. The molecule has 1 heterocycles. The molecule has 0 aliphatic heterocycles. The lowest BCUT2D eigenvalue weighted by molar-refractivity contribution is 0.0580. The molecule has 1 aromatic heterocycles. The lowest BCUT2D eigenvalue weighted by Gasteiger charge is -2.23. The van der Waals surface area contributed by atoms with E-state index in [4.69, 9.17) is 9.26 Å². The van der Waals surface area contributed by atoms with E-state index < -0.39 is 17.8 Å². The highest BCUT2D eigenvalue weighted by Crippen LogP contribution is 2.28. The van der Waals surface area contributed by atoms with Crippen LogP contribution in [0.1, 0.15) is 26.3 Å². The number of hydrogen-bond acceptors (Lipinski definition) is 5. The Labute approximate surface area is 121 Å². The van der Waals surface area contributed by atoms with E-state index in [9.17, 15) is 14.7 Å². The fourth-order valence-electron chi connectivity index (χ4n) is 1.76. The largest absolute Gasteiger partial charge is 0.464 e. The Balaban J connectivity index is 2.48. The molecular weight excluding hydrogens is 276 g/mol. The van der Waals surface area contributed by atoms with Crippen molar-refractivity contribution in [1.82, 2.24) is 5.16 Å². The minimum absolute atomic E-state index is 0.101. The monoisotopic (exact) mass is 292 g/mol. The Bertz CT molecular complexity index is 699. The van der Waals surface area contributed by atoms with Crippen LogP contribution in [0.5, 0.6) is 0 Å². The number of aromatic nitrogens is 1. The molecule has 7 nitrogen and oxygen atoms in total. The van der Waals surface area contributed by atoms with Crippen LogP contribution in [0.4, 0.5) is 15.4 Å². The molecule has 0 bridgehead atoms. The van der Waals surface area contributed by atoms with Gasteiger partial charge in [-0.15, -0.1) is 0 Å². The van der Waals surface area contributed by atoms with Gasteiger partial charge in [0.15, 0.2) is 11.4 Å². The van der Waals surface area contributed by atoms with Gasteiger partial charge in [0, 0.05) is 0 Å². The molecule has 0 saturated heterocycles. The van der Waals surface area contributed by atoms with Crippen LogP contribution in [0.3, 0.4) is 0 Å². The first-order valence-corrected chi connectivity index (χ1v) is 6.31. The van der Waals surface area contributed by atoms with Crippen molar-refractivity contribution < 1.29 is 24.0 Å². The highest BCUT2D eigenvalue weighted by Gasteiger charge is 2.32. The number of anilines is 1. The number of carbonyl (C=O) groups is 2. The Kier molecular flexibility index (Phi) is 3.59. The number of nitrogens with zero attached hydrogens (tertiary/aromatic N) is 2. The van der Waals surface area contributed by atoms with E-state index >= 15 is 0 Å². The molecule has 21 heavy (non-hydrogen) atoms. The topological polar surface area (TPSA) is 92.9 Å². The lowest BCUT2D eigenvalue weighted by atomic mass is 10.2. The molecule has 0 unspecified atom stereocenters. The molecular formula is C14H16N2O5. The molecule has 0 radical (unpaired) electrons. The number of ether oxygens (including phenoxy) is 1. The van der Waals surface area contributed by atoms with E-state index in [0.717, 1.165) is 5.56 Å². The second-order valence-electron chi connectivity index (χ2n) is 5.60. The molecule has 2 aromatic rings. The highest BCUT2D eigenvalue weighted by atomic mass is 16.6. The molecule has 1 N–H and O–H groups in total. The van der Waals surface area contributed by atoms with E-state index in [1.807, 2.05) is 6.92 Å². The van der Waals surface area contributed by atoms with Crippen molar-refractivity contribution >= 4 is 29.0 Å². The maximum Gasteiger partial charge on any atom is 0.425 e. The minimum Gasteiger partial charge on any atom is -0.464 e. The van der Waals surface area contributed by atoms with Crippen molar-refractivity contribution in [1.29, 1.82) is 0 Å². The number of hydrogen-bond donors (Lipinski definition) is 1. The summed E-state index contributed by atoms with van der Waals surface area (Å²) in [7, 11) is 0. The second-order valence-corrected chi connectivity index (χ2v) is 5.60. The number of amides is 2. The zero-order chi connectivity index (χ0) is 15.8. The summed E-state index contributed by atoms with van der Waals surface area (Å²) in [5, 5.41) is 13.4. The molecule has 2 rings (SSSR count). The standard InChI is InChI=1S/C14H16N2O5/c1-8-5-6-10-9(7-8)11(15-21-10)16(12(17)18)13(19)20-14(2,3)4/h5-7H,1-4H3,(H,17,18). The number of rotatable bonds is 1. The van der Waals surface area contributed by atoms with Crippen molar-refractivity contribution in [2.24, 2.45) is 0 Å². The number of carboxylic acid groups (broad SMARTS) is 1. The molecule has 0 aliphatic rings. The van der Waals surface area contributed by atoms with Gasteiger partial charge in [0.25, 0.3) is 0 Å². The first kappa shape index (κ1) is 14.8. The smallest absolute Gasteiger partial charge is 0.425 e. The molecule has 2 amide bonds. The van der Waals surface area contributed by atoms with Gasteiger partial charge in [-0.2, -0.15) is 4.90 Å². The normalized spacial score (nSPS) is 11.4. The number of aryl methyl sites for hydroxylation is 1. The minimum atomic E-state index is -1.49. The van der Waals surface area contributed by atoms with Crippen LogP contribution in [0, 0.1) is 6.92 Å². The Morgan fingerprint density at radius 1 is 1.33 bits per heavy atom. The van der Waals surface area contributed by atoms with E-state index in [0.29, 0.717) is 15.9 Å². The van der Waals surface area contributed by atoms with Crippen LogP contribution in [0.15, 0.2) is 22.7 Å². The predicted molar refractivity (Wildman–Crippen MR) is 75.5 cm³/mol. The first-order valence-electron chi connectivity index (χ1n) is 6.31. The van der Waals surface area contributed by atoms with Crippen molar-refractivity contribution in [2.75, 3.05) is 4.90 Å². The van der Waals surface area contributed by atoms with E-state index in [2.05, 4.69) is 5.16 Å². The average molecular weight is 292 g/mol. The third-order valence-electron chi connectivity index (χ3n) is 2.59. The zero-order valence-electron chi connectivity index (χ0n) is 12.2. The summed E-state index contributed by atoms with van der Waals surface area (Å²) < 4.78 is 10.1. The quantitative estimate of drug-likeness (QED) is 0.863. The number of fused-ring (bicyclic) bond motifs is 1. The summed E-state index contributed by atoms with van der Waals surface area (Å²) >= 11 is 0. The van der Waals surface area contributed by atoms with Crippen LogP contribution < -0.4 is 4.90 Å². The van der Waals surface area contributed by atoms with Gasteiger partial charge in [-0.05, 0) is 39.8 Å². The number of carbonyl (C=O) groups excluding carboxylic acids is 1. The van der Waals surface area contributed by atoms with Gasteiger partial charge >= 0.3 is 12.2 Å². The van der Waals surface area contributed by atoms with Gasteiger partial charge in [-0.25, -0.2) is 9.59 Å². The molecule has 0 spiro atoms. The van der Waals surface area contributed by atoms with Crippen molar-refractivity contribution in [3.63, 3.8) is 0 Å². The summed E-state index contributed by atoms with van der Waals surface area (Å²) in [5.74, 6) is -0.101. The molecule has 7 heteroatoms. The fraction of sp³-hybridized carbons (Fsp3) is 0.357. The Hall–Kier alpha value is -2.57. The molecule has 112 valence electrons. The van der Waals surface area contributed by atoms with Crippen LogP contribution in [-0.2, 0) is 4.74 Å². The molecule has 0 atom stereocenters. The summed E-state index contributed by atoms with van der Waals surface area (Å²) in [6, 6.07) is 5.16. The Morgan fingerprint density at radius 2 is 2.00 bits per heavy atom. The summed E-state index contributed by atoms with van der Waals surface area (Å²) in [4.78, 5) is 23.9. The number of imide groups is 1. The second kappa shape index (κ2) is 5.08. The van der Waals surface area contributed by atoms with Crippen molar-refractivity contribution in [3.8, 4) is 0 Å². The third-order valence-corrected chi connectivity index (χ3v) is 2.59. The summed E-state index contributed by atoms with van der Waals surface area (Å²) in [6.45, 7) is 6.79. The van der Waals surface area contributed by atoms with Gasteiger partial charge in [0.2, 0.25) is 0 Å².